The summed E-state index contributed by atoms with van der Waals surface area (Å²) in [6.45, 7) is 9.01. The van der Waals surface area contributed by atoms with Gasteiger partial charge >= 0.3 is 6.09 Å². The SMILES string of the molecule is CC(C)(C)OC(=O)N1CCC(C)(c2nccnc2Cl)CC1. The van der Waals surface area contributed by atoms with Gasteiger partial charge in [0.25, 0.3) is 0 Å². The summed E-state index contributed by atoms with van der Waals surface area (Å²) in [5, 5.41) is 0.450. The molecule has 1 saturated heterocycles. The molecule has 0 aromatic carbocycles. The van der Waals surface area contributed by atoms with Crippen molar-refractivity contribution in [2.24, 2.45) is 0 Å². The van der Waals surface area contributed by atoms with Crippen molar-refractivity contribution in [3.05, 3.63) is 23.2 Å². The predicted octanol–water partition coefficient (Wildman–Crippen LogP) is 3.42. The number of piperidine rings is 1. The lowest BCUT2D eigenvalue weighted by atomic mass is 9.78. The normalized spacial score (nSPS) is 18.4. The Morgan fingerprint density at radius 2 is 1.86 bits per heavy atom. The number of rotatable bonds is 1. The largest absolute Gasteiger partial charge is 0.444 e. The number of ether oxygens (including phenoxy) is 1. The molecule has 1 aromatic heterocycles. The summed E-state index contributed by atoms with van der Waals surface area (Å²) < 4.78 is 5.41. The molecular weight excluding hydrogens is 290 g/mol. The fraction of sp³-hybridized carbons (Fsp3) is 0.667. The molecule has 0 radical (unpaired) electrons. The molecule has 0 bridgehead atoms. The molecule has 1 fully saturated rings. The van der Waals surface area contributed by atoms with Crippen LogP contribution in [-0.4, -0.2) is 39.7 Å². The van der Waals surface area contributed by atoms with Crippen LogP contribution in [0.2, 0.25) is 5.15 Å². The molecule has 1 aliphatic heterocycles. The molecule has 0 spiro atoms. The lowest BCUT2D eigenvalue weighted by Crippen LogP contribution is -2.46. The van der Waals surface area contributed by atoms with E-state index in [0.717, 1.165) is 18.5 Å². The molecule has 21 heavy (non-hydrogen) atoms. The van der Waals surface area contributed by atoms with E-state index in [1.54, 1.807) is 17.3 Å². The highest BCUT2D eigenvalue weighted by molar-refractivity contribution is 6.30. The molecule has 0 atom stereocenters. The standard InChI is InChI=1S/C15H22ClN3O2/c1-14(2,3)21-13(20)19-9-5-15(4,6-10-19)11-12(16)18-8-7-17-11/h7-8H,5-6,9-10H2,1-4H3. The van der Waals surface area contributed by atoms with Gasteiger partial charge in [0.05, 0.1) is 5.69 Å². The molecule has 1 amide bonds. The zero-order valence-corrected chi connectivity index (χ0v) is 13.8. The first kappa shape index (κ1) is 16.0. The third-order valence-electron chi connectivity index (χ3n) is 3.74. The Morgan fingerprint density at radius 3 is 2.38 bits per heavy atom. The average Bonchev–Trinajstić information content (AvgIpc) is 2.37. The second-order valence-electron chi connectivity index (χ2n) is 6.72. The van der Waals surface area contributed by atoms with E-state index in [1.807, 2.05) is 20.8 Å². The smallest absolute Gasteiger partial charge is 0.410 e. The fourth-order valence-corrected chi connectivity index (χ4v) is 2.81. The predicted molar refractivity (Wildman–Crippen MR) is 81.4 cm³/mol. The zero-order chi connectivity index (χ0) is 15.7. The fourth-order valence-electron chi connectivity index (χ4n) is 2.47. The summed E-state index contributed by atoms with van der Waals surface area (Å²) in [6, 6.07) is 0. The number of nitrogens with zero attached hydrogens (tertiary/aromatic N) is 3. The van der Waals surface area contributed by atoms with Crippen LogP contribution in [0.1, 0.15) is 46.2 Å². The van der Waals surface area contributed by atoms with Crippen LogP contribution in [0.5, 0.6) is 0 Å². The summed E-state index contributed by atoms with van der Waals surface area (Å²) in [6.07, 6.45) is 4.59. The van der Waals surface area contributed by atoms with Gasteiger partial charge < -0.3 is 9.64 Å². The summed E-state index contributed by atoms with van der Waals surface area (Å²) in [4.78, 5) is 22.3. The minimum absolute atomic E-state index is 0.149. The van der Waals surface area contributed by atoms with Crippen LogP contribution in [-0.2, 0) is 10.2 Å². The highest BCUT2D eigenvalue weighted by Crippen LogP contribution is 2.36. The van der Waals surface area contributed by atoms with Gasteiger partial charge in [-0.2, -0.15) is 0 Å². The van der Waals surface area contributed by atoms with Gasteiger partial charge in [-0.1, -0.05) is 18.5 Å². The summed E-state index contributed by atoms with van der Waals surface area (Å²) in [7, 11) is 0. The van der Waals surface area contributed by atoms with E-state index in [4.69, 9.17) is 16.3 Å². The van der Waals surface area contributed by atoms with Crippen molar-refractivity contribution in [2.75, 3.05) is 13.1 Å². The topological polar surface area (TPSA) is 55.3 Å². The minimum atomic E-state index is -0.466. The van der Waals surface area contributed by atoms with Crippen molar-refractivity contribution in [3.63, 3.8) is 0 Å². The maximum Gasteiger partial charge on any atom is 0.410 e. The molecule has 0 aliphatic carbocycles. The quantitative estimate of drug-likeness (QED) is 0.797. The van der Waals surface area contributed by atoms with Gasteiger partial charge in [0, 0.05) is 30.9 Å². The summed E-state index contributed by atoms with van der Waals surface area (Å²) in [5.41, 5.74) is 0.200. The second kappa shape index (κ2) is 5.79. The van der Waals surface area contributed by atoms with E-state index in [0.29, 0.717) is 18.2 Å². The van der Waals surface area contributed by atoms with Crippen LogP contribution in [0.25, 0.3) is 0 Å². The molecule has 5 nitrogen and oxygen atoms in total. The molecule has 6 heteroatoms. The van der Waals surface area contributed by atoms with Crippen LogP contribution in [0.15, 0.2) is 12.4 Å². The van der Waals surface area contributed by atoms with Crippen molar-refractivity contribution in [2.45, 2.75) is 51.6 Å². The number of likely N-dealkylation sites (tertiary alicyclic amines) is 1. The molecular formula is C15H22ClN3O2. The molecule has 2 rings (SSSR count). The van der Waals surface area contributed by atoms with Crippen LogP contribution in [0.4, 0.5) is 4.79 Å². The number of hydrogen-bond donors (Lipinski definition) is 0. The third-order valence-corrected chi connectivity index (χ3v) is 4.02. The summed E-state index contributed by atoms with van der Waals surface area (Å²) >= 11 is 6.15. The number of amides is 1. The highest BCUT2D eigenvalue weighted by Gasteiger charge is 2.37. The third kappa shape index (κ3) is 3.84. The van der Waals surface area contributed by atoms with E-state index in [2.05, 4.69) is 16.9 Å². The number of hydrogen-bond acceptors (Lipinski definition) is 4. The van der Waals surface area contributed by atoms with E-state index in [9.17, 15) is 4.79 Å². The molecule has 0 unspecified atom stereocenters. The minimum Gasteiger partial charge on any atom is -0.444 e. The number of carbonyl (C=O) groups excluding carboxylic acids is 1. The number of carbonyl (C=O) groups is 1. The summed E-state index contributed by atoms with van der Waals surface area (Å²) in [5.74, 6) is 0. The molecule has 0 saturated carbocycles. The van der Waals surface area contributed by atoms with Crippen molar-refractivity contribution in [1.29, 1.82) is 0 Å². The molecule has 0 N–H and O–H groups in total. The van der Waals surface area contributed by atoms with Gasteiger partial charge in [0.2, 0.25) is 0 Å². The van der Waals surface area contributed by atoms with Crippen molar-refractivity contribution in [3.8, 4) is 0 Å². The van der Waals surface area contributed by atoms with Gasteiger partial charge in [-0.15, -0.1) is 0 Å². The number of aromatic nitrogens is 2. The Kier molecular flexibility index (Phi) is 4.42. The molecule has 1 aromatic rings. The Morgan fingerprint density at radius 1 is 1.29 bits per heavy atom. The first-order valence-electron chi connectivity index (χ1n) is 7.16. The monoisotopic (exact) mass is 311 g/mol. The zero-order valence-electron chi connectivity index (χ0n) is 13.0. The van der Waals surface area contributed by atoms with Crippen molar-refractivity contribution >= 4 is 17.7 Å². The van der Waals surface area contributed by atoms with Crippen LogP contribution >= 0.6 is 11.6 Å². The first-order chi connectivity index (χ1) is 9.71. The molecule has 2 heterocycles. The van der Waals surface area contributed by atoms with Crippen LogP contribution in [0.3, 0.4) is 0 Å². The van der Waals surface area contributed by atoms with Crippen molar-refractivity contribution < 1.29 is 9.53 Å². The van der Waals surface area contributed by atoms with E-state index in [-0.39, 0.29) is 11.5 Å². The average molecular weight is 312 g/mol. The van der Waals surface area contributed by atoms with Crippen LogP contribution < -0.4 is 0 Å². The van der Waals surface area contributed by atoms with Gasteiger partial charge in [-0.05, 0) is 33.6 Å². The Hall–Kier alpha value is -1.36. The van der Waals surface area contributed by atoms with E-state index < -0.39 is 5.60 Å². The van der Waals surface area contributed by atoms with Gasteiger partial charge in [0.1, 0.15) is 5.60 Å². The van der Waals surface area contributed by atoms with Gasteiger partial charge in [-0.3, -0.25) is 4.98 Å². The van der Waals surface area contributed by atoms with Gasteiger partial charge in [0.15, 0.2) is 5.15 Å². The lowest BCUT2D eigenvalue weighted by molar-refractivity contribution is 0.0170. The van der Waals surface area contributed by atoms with Crippen LogP contribution in [0, 0.1) is 0 Å². The lowest BCUT2D eigenvalue weighted by Gasteiger charge is -2.39. The first-order valence-corrected chi connectivity index (χ1v) is 7.54. The Bertz CT molecular complexity index is 520. The van der Waals surface area contributed by atoms with E-state index >= 15 is 0 Å². The molecule has 1 aliphatic rings. The van der Waals surface area contributed by atoms with Crippen molar-refractivity contribution in [1.82, 2.24) is 14.9 Å². The van der Waals surface area contributed by atoms with E-state index in [1.165, 1.54) is 0 Å². The van der Waals surface area contributed by atoms with Gasteiger partial charge in [-0.25, -0.2) is 9.78 Å². The maximum absolute atomic E-state index is 12.1. The second-order valence-corrected chi connectivity index (χ2v) is 7.08. The Balaban J connectivity index is 2.03. The Labute approximate surface area is 130 Å². The highest BCUT2D eigenvalue weighted by atomic mass is 35.5. The number of halogens is 1. The maximum atomic E-state index is 12.1. The molecule has 116 valence electrons.